The maximum absolute atomic E-state index is 13.5. The van der Waals surface area contributed by atoms with E-state index in [1.54, 1.807) is 0 Å². The Morgan fingerprint density at radius 2 is 2.13 bits per heavy atom. The third-order valence-electron chi connectivity index (χ3n) is 8.64. The van der Waals surface area contributed by atoms with Crippen molar-refractivity contribution in [1.29, 1.82) is 0 Å². The Morgan fingerprint density at radius 1 is 1.26 bits per heavy atom. The van der Waals surface area contributed by atoms with Gasteiger partial charge in [0.15, 0.2) is 0 Å². The highest BCUT2D eigenvalue weighted by Gasteiger charge is 2.61. The van der Waals surface area contributed by atoms with Crippen LogP contribution in [0.3, 0.4) is 0 Å². The van der Waals surface area contributed by atoms with Crippen LogP contribution >= 0.6 is 0 Å². The summed E-state index contributed by atoms with van der Waals surface area (Å²) in [5, 5.41) is 11.8. The standard InChI is InChI=1S/C22H34N6O3/c1-26-10-12(8-25-26)18-17(30-3)6-14-19-20-16(9-24-14)27(2)22(29)28(20)15-4-5-23-7-13(15)11-31-21(18)19/h8,10,13-21,23-24H,4-7,9,11H2,1-3H3. The topological polar surface area (TPSA) is 83.9 Å². The first-order valence-electron chi connectivity index (χ1n) is 11.7. The monoisotopic (exact) mass is 430 g/mol. The smallest absolute Gasteiger partial charge is 0.320 e. The van der Waals surface area contributed by atoms with E-state index in [0.717, 1.165) is 32.5 Å². The van der Waals surface area contributed by atoms with Crippen molar-refractivity contribution in [3.8, 4) is 0 Å². The molecule has 170 valence electrons. The van der Waals surface area contributed by atoms with Crippen molar-refractivity contribution in [2.45, 2.75) is 55.1 Å². The fourth-order valence-corrected chi connectivity index (χ4v) is 7.24. The fourth-order valence-electron chi connectivity index (χ4n) is 7.24. The number of hydrogen-bond donors (Lipinski definition) is 2. The minimum Gasteiger partial charge on any atom is -0.381 e. The van der Waals surface area contributed by atoms with Gasteiger partial charge in [-0.05, 0) is 24.9 Å². The van der Waals surface area contributed by atoms with Crippen LogP contribution in [0.25, 0.3) is 0 Å². The molecule has 2 N–H and O–H groups in total. The van der Waals surface area contributed by atoms with Crippen LogP contribution in [-0.4, -0.2) is 102 Å². The van der Waals surface area contributed by atoms with Gasteiger partial charge >= 0.3 is 6.03 Å². The normalized spacial score (nSPS) is 44.5. The first-order valence-corrected chi connectivity index (χ1v) is 11.7. The number of fused-ring (bicyclic) bond motifs is 2. The van der Waals surface area contributed by atoms with Crippen molar-refractivity contribution in [3.63, 3.8) is 0 Å². The quantitative estimate of drug-likeness (QED) is 0.687. The first-order chi connectivity index (χ1) is 15.1. The molecule has 1 aromatic rings. The molecule has 6 rings (SSSR count). The zero-order valence-electron chi connectivity index (χ0n) is 18.6. The van der Waals surface area contributed by atoms with Crippen molar-refractivity contribution in [2.75, 3.05) is 40.4 Å². The number of rotatable bonds is 2. The molecule has 0 bridgehead atoms. The fraction of sp³-hybridized carbons (Fsp3) is 0.818. The lowest BCUT2D eigenvalue weighted by Crippen LogP contribution is -2.70. The molecule has 5 fully saturated rings. The number of urea groups is 1. The van der Waals surface area contributed by atoms with Crippen LogP contribution in [-0.2, 0) is 16.5 Å². The number of aryl methyl sites for hydroxylation is 1. The average molecular weight is 431 g/mol. The van der Waals surface area contributed by atoms with E-state index in [0.29, 0.717) is 12.5 Å². The molecular formula is C22H34N6O3. The molecule has 4 aliphatic heterocycles. The molecule has 9 heteroatoms. The number of carbonyl (C=O) groups excluding carboxylic acids is 1. The molecule has 2 amide bonds. The average Bonchev–Trinajstić information content (AvgIpc) is 3.31. The largest absolute Gasteiger partial charge is 0.381 e. The highest BCUT2D eigenvalue weighted by Crippen LogP contribution is 2.49. The molecule has 31 heavy (non-hydrogen) atoms. The Hall–Kier alpha value is -1.68. The summed E-state index contributed by atoms with van der Waals surface area (Å²) in [7, 11) is 5.74. The number of hydrogen-bond acceptors (Lipinski definition) is 6. The summed E-state index contributed by atoms with van der Waals surface area (Å²) >= 11 is 0. The van der Waals surface area contributed by atoms with Gasteiger partial charge in [0, 0.05) is 70.3 Å². The lowest BCUT2D eigenvalue weighted by molar-refractivity contribution is -0.146. The van der Waals surface area contributed by atoms with Gasteiger partial charge in [0.05, 0.1) is 37.1 Å². The van der Waals surface area contributed by atoms with Crippen LogP contribution in [0.1, 0.15) is 24.3 Å². The molecule has 1 saturated carbocycles. The van der Waals surface area contributed by atoms with Crippen molar-refractivity contribution in [3.05, 3.63) is 18.0 Å². The molecule has 4 saturated heterocycles. The number of nitrogens with zero attached hydrogens (tertiary/aromatic N) is 4. The number of piperidine rings is 2. The van der Waals surface area contributed by atoms with E-state index < -0.39 is 0 Å². The summed E-state index contributed by atoms with van der Waals surface area (Å²) in [5.41, 5.74) is 1.17. The molecule has 9 atom stereocenters. The minimum absolute atomic E-state index is 0.0159. The SMILES string of the molecule is COC1CC2NCC3C4C2C(OCC2CNCCC2N4C(=O)N3C)C1c1cnn(C)c1. The predicted octanol–water partition coefficient (Wildman–Crippen LogP) is -0.00810. The third kappa shape index (κ3) is 2.90. The van der Waals surface area contributed by atoms with Gasteiger partial charge in [-0.2, -0.15) is 5.10 Å². The second-order valence-corrected chi connectivity index (χ2v) is 10.1. The minimum atomic E-state index is -0.0159. The molecule has 1 aliphatic carbocycles. The van der Waals surface area contributed by atoms with Gasteiger partial charge in [0.25, 0.3) is 0 Å². The van der Waals surface area contributed by atoms with E-state index in [4.69, 9.17) is 9.47 Å². The van der Waals surface area contributed by atoms with Crippen LogP contribution in [0.2, 0.25) is 0 Å². The first kappa shape index (κ1) is 20.0. The summed E-state index contributed by atoms with van der Waals surface area (Å²) in [4.78, 5) is 17.8. The zero-order chi connectivity index (χ0) is 21.3. The molecule has 5 aliphatic rings. The van der Waals surface area contributed by atoms with Crippen molar-refractivity contribution in [2.24, 2.45) is 18.9 Å². The Labute approximate surface area is 183 Å². The van der Waals surface area contributed by atoms with Crippen LogP contribution in [0, 0.1) is 11.8 Å². The molecule has 0 radical (unpaired) electrons. The molecule has 9 unspecified atom stereocenters. The molecule has 0 spiro atoms. The molecule has 1 aromatic heterocycles. The van der Waals surface area contributed by atoms with Gasteiger partial charge in [0.2, 0.25) is 0 Å². The van der Waals surface area contributed by atoms with Gasteiger partial charge < -0.3 is 29.9 Å². The van der Waals surface area contributed by atoms with Crippen LogP contribution in [0.15, 0.2) is 12.4 Å². The second-order valence-electron chi connectivity index (χ2n) is 10.1. The van der Waals surface area contributed by atoms with E-state index in [-0.39, 0.29) is 54.2 Å². The van der Waals surface area contributed by atoms with Gasteiger partial charge in [-0.1, -0.05) is 0 Å². The second kappa shape index (κ2) is 7.43. The van der Waals surface area contributed by atoms with E-state index in [1.807, 2.05) is 37.0 Å². The number of amides is 2. The van der Waals surface area contributed by atoms with Gasteiger partial charge in [0.1, 0.15) is 0 Å². The van der Waals surface area contributed by atoms with Crippen LogP contribution < -0.4 is 10.6 Å². The number of ether oxygens (including phenoxy) is 2. The van der Waals surface area contributed by atoms with E-state index >= 15 is 0 Å². The Bertz CT molecular complexity index is 847. The van der Waals surface area contributed by atoms with E-state index in [1.165, 1.54) is 5.56 Å². The number of likely N-dealkylation sites (N-methyl/N-ethyl adjacent to an activating group) is 1. The lowest BCUT2D eigenvalue weighted by Gasteiger charge is -2.56. The Balaban J connectivity index is 1.46. The van der Waals surface area contributed by atoms with E-state index in [9.17, 15) is 4.79 Å². The Kier molecular flexibility index (Phi) is 4.79. The molecule has 9 nitrogen and oxygen atoms in total. The molecule has 0 aromatic carbocycles. The lowest BCUT2D eigenvalue weighted by atomic mass is 9.65. The maximum atomic E-state index is 13.5. The van der Waals surface area contributed by atoms with Gasteiger partial charge in [-0.25, -0.2) is 4.79 Å². The highest BCUT2D eigenvalue weighted by molar-refractivity contribution is 5.78. The highest BCUT2D eigenvalue weighted by atomic mass is 16.5. The molecular weight excluding hydrogens is 396 g/mol. The van der Waals surface area contributed by atoms with E-state index in [2.05, 4.69) is 26.8 Å². The summed E-state index contributed by atoms with van der Waals surface area (Å²) in [6.45, 7) is 3.37. The van der Waals surface area contributed by atoms with Crippen molar-refractivity contribution in [1.82, 2.24) is 30.2 Å². The number of aromatic nitrogens is 2. The number of nitrogens with one attached hydrogen (secondary N) is 2. The maximum Gasteiger partial charge on any atom is 0.320 e. The van der Waals surface area contributed by atoms with Gasteiger partial charge in [-0.3, -0.25) is 4.68 Å². The molecule has 5 heterocycles. The Morgan fingerprint density at radius 3 is 2.90 bits per heavy atom. The summed E-state index contributed by atoms with van der Waals surface area (Å²) in [6.07, 6.45) is 6.02. The summed E-state index contributed by atoms with van der Waals surface area (Å²) < 4.78 is 14.7. The van der Waals surface area contributed by atoms with Crippen molar-refractivity contribution < 1.29 is 14.3 Å². The third-order valence-corrected chi connectivity index (χ3v) is 8.64. The summed E-state index contributed by atoms with van der Waals surface area (Å²) in [6, 6.07) is 1.09. The number of methoxy groups -OCH3 is 1. The van der Waals surface area contributed by atoms with Crippen molar-refractivity contribution >= 4 is 6.03 Å². The van der Waals surface area contributed by atoms with Gasteiger partial charge in [-0.15, -0.1) is 0 Å². The predicted molar refractivity (Wildman–Crippen MR) is 114 cm³/mol. The zero-order valence-corrected chi connectivity index (χ0v) is 18.6. The number of carbonyl (C=O) groups is 1. The van der Waals surface area contributed by atoms with Crippen LogP contribution in [0.5, 0.6) is 0 Å². The summed E-state index contributed by atoms with van der Waals surface area (Å²) in [5.74, 6) is 0.660. The van der Waals surface area contributed by atoms with Crippen LogP contribution in [0.4, 0.5) is 4.79 Å².